The number of carbonyl (C=O) groups is 2. The molecule has 48 heavy (non-hydrogen) atoms. The van der Waals surface area contributed by atoms with Gasteiger partial charge in [0.1, 0.15) is 23.1 Å². The third-order valence-electron chi connectivity index (χ3n) is 8.82. The first-order valence-electron chi connectivity index (χ1n) is 16.7. The number of amides is 3. The van der Waals surface area contributed by atoms with Crippen LogP contribution >= 0.6 is 0 Å². The number of benzene rings is 2. The molecule has 10 nitrogen and oxygen atoms in total. The molecule has 2 saturated heterocycles. The molecule has 3 heterocycles. The van der Waals surface area contributed by atoms with Crippen molar-refractivity contribution < 1.29 is 33.0 Å². The zero-order chi connectivity index (χ0) is 34.4. The lowest BCUT2D eigenvalue weighted by atomic mass is 9.89. The molecule has 2 aromatic carbocycles. The van der Waals surface area contributed by atoms with Gasteiger partial charge in [-0.1, -0.05) is 30.3 Å². The monoisotopic (exact) mass is 667 g/mol. The highest BCUT2D eigenvalue weighted by atomic mass is 19.1. The zero-order valence-electron chi connectivity index (χ0n) is 28.2. The summed E-state index contributed by atoms with van der Waals surface area (Å²) in [6.07, 6.45) is 3.30. The van der Waals surface area contributed by atoms with E-state index in [0.29, 0.717) is 64.5 Å². The minimum atomic E-state index is -0.635. The number of hydrogen-bond acceptors (Lipinski definition) is 6. The van der Waals surface area contributed by atoms with Crippen molar-refractivity contribution in [2.75, 3.05) is 39.5 Å². The van der Waals surface area contributed by atoms with Crippen LogP contribution in [0.2, 0.25) is 0 Å². The maximum atomic E-state index is 15.2. The van der Waals surface area contributed by atoms with Crippen molar-refractivity contribution >= 4 is 12.1 Å². The number of urea groups is 1. The Bertz CT molecular complexity index is 1540. The maximum Gasteiger partial charge on any atom is 0.410 e. The average molecular weight is 668 g/mol. The molecule has 1 aromatic heterocycles. The highest BCUT2D eigenvalue weighted by Crippen LogP contribution is 2.38. The van der Waals surface area contributed by atoms with Gasteiger partial charge in [-0.2, -0.15) is 0 Å². The van der Waals surface area contributed by atoms with Crippen LogP contribution in [0.4, 0.5) is 18.4 Å². The van der Waals surface area contributed by atoms with E-state index in [0.717, 1.165) is 23.8 Å². The van der Waals surface area contributed by atoms with Crippen molar-refractivity contribution in [1.29, 1.82) is 0 Å². The first-order chi connectivity index (χ1) is 22.9. The van der Waals surface area contributed by atoms with Crippen molar-refractivity contribution in [2.45, 2.75) is 71.2 Å². The van der Waals surface area contributed by atoms with Crippen LogP contribution in [0, 0.1) is 23.5 Å². The van der Waals surface area contributed by atoms with Gasteiger partial charge in [-0.15, -0.1) is 0 Å². The van der Waals surface area contributed by atoms with Gasteiger partial charge in [-0.3, -0.25) is 0 Å². The summed E-state index contributed by atoms with van der Waals surface area (Å²) in [5.74, 6) is -0.777. The molecule has 2 aliphatic heterocycles. The van der Waals surface area contributed by atoms with Crippen molar-refractivity contribution in [1.82, 2.24) is 24.7 Å². The Labute approximate surface area is 281 Å². The van der Waals surface area contributed by atoms with Crippen molar-refractivity contribution in [3.63, 3.8) is 0 Å². The number of carbonyl (C=O) groups excluding carboxylic acids is 2. The average Bonchev–Trinajstić information content (AvgIpc) is 3.69. The Morgan fingerprint density at radius 2 is 1.85 bits per heavy atom. The predicted molar refractivity (Wildman–Crippen MR) is 177 cm³/mol. The summed E-state index contributed by atoms with van der Waals surface area (Å²) >= 11 is 0. The van der Waals surface area contributed by atoms with Gasteiger partial charge in [0.25, 0.3) is 0 Å². The first kappa shape index (κ1) is 35.3. The van der Waals surface area contributed by atoms with E-state index in [1.54, 1.807) is 22.9 Å². The Kier molecular flexibility index (Phi) is 11.4. The van der Waals surface area contributed by atoms with E-state index in [2.05, 4.69) is 5.32 Å². The number of nitrogens with zero attached hydrogens (tertiary/aromatic N) is 4. The molecule has 0 spiro atoms. The van der Waals surface area contributed by atoms with E-state index in [9.17, 15) is 19.1 Å². The van der Waals surface area contributed by atoms with Crippen LogP contribution < -0.4 is 5.32 Å². The molecule has 2 N–H and O–H groups in total. The number of aromatic nitrogens is 2. The molecule has 0 radical (unpaired) electrons. The van der Waals surface area contributed by atoms with E-state index in [1.807, 2.05) is 55.7 Å². The summed E-state index contributed by atoms with van der Waals surface area (Å²) in [4.78, 5) is 35.6. The summed E-state index contributed by atoms with van der Waals surface area (Å²) in [7, 11) is 0. The summed E-state index contributed by atoms with van der Waals surface area (Å²) in [6.45, 7) is 9.55. The number of rotatable bonds is 10. The molecular weight excluding hydrogens is 620 g/mol. The molecule has 0 aliphatic carbocycles. The summed E-state index contributed by atoms with van der Waals surface area (Å²) < 4.78 is 42.8. The van der Waals surface area contributed by atoms with Gasteiger partial charge in [-0.25, -0.2) is 23.4 Å². The molecular formula is C36H47F2N5O5. The number of ether oxygens (including phenoxy) is 2. The number of nitrogens with one attached hydrogen (secondary N) is 1. The van der Waals surface area contributed by atoms with Crippen LogP contribution in [0.5, 0.6) is 0 Å². The molecule has 2 fully saturated rings. The van der Waals surface area contributed by atoms with E-state index in [-0.39, 0.29) is 35.7 Å². The lowest BCUT2D eigenvalue weighted by Gasteiger charge is -2.40. The standard InChI is InChI=1S/C36H47F2N5O5/c1-24(23-44)39-34(45)43(21-26-12-15-41(20-26)35(46)48-36(2,3)4)32(27-13-16-47-17-14-27)33-40-31(29-18-28(37)10-11-30(29)38)22-42(33)19-25-8-6-5-7-9-25/h5-11,18,22,24,26-27,32,44H,12-17,19-21,23H2,1-4H3,(H,39,45). The predicted octanol–water partition coefficient (Wildman–Crippen LogP) is 5.99. The lowest BCUT2D eigenvalue weighted by molar-refractivity contribution is 0.0238. The lowest BCUT2D eigenvalue weighted by Crippen LogP contribution is -2.51. The molecule has 0 saturated carbocycles. The Balaban J connectivity index is 1.58. The molecule has 2 aliphatic rings. The highest BCUT2D eigenvalue weighted by Gasteiger charge is 2.40. The van der Waals surface area contributed by atoms with Crippen LogP contribution in [0.25, 0.3) is 11.3 Å². The van der Waals surface area contributed by atoms with Crippen molar-refractivity contribution in [3.8, 4) is 11.3 Å². The Morgan fingerprint density at radius 1 is 1.12 bits per heavy atom. The topological polar surface area (TPSA) is 109 Å². The van der Waals surface area contributed by atoms with Crippen LogP contribution in [0.15, 0.2) is 54.7 Å². The third kappa shape index (κ3) is 8.90. The van der Waals surface area contributed by atoms with E-state index >= 15 is 4.39 Å². The summed E-state index contributed by atoms with van der Waals surface area (Å²) in [5.41, 5.74) is 0.630. The van der Waals surface area contributed by atoms with Gasteiger partial charge in [-0.05, 0) is 82.6 Å². The first-order valence-corrected chi connectivity index (χ1v) is 16.7. The molecule has 0 bridgehead atoms. The molecule has 3 unspecified atom stereocenters. The van der Waals surface area contributed by atoms with Gasteiger partial charge in [0.2, 0.25) is 0 Å². The van der Waals surface area contributed by atoms with Gasteiger partial charge in [0.15, 0.2) is 0 Å². The normalized spacial score (nSPS) is 18.4. The molecule has 5 rings (SSSR count). The van der Waals surface area contributed by atoms with Crippen LogP contribution in [-0.4, -0.2) is 87.7 Å². The number of aliphatic hydroxyl groups is 1. The van der Waals surface area contributed by atoms with Crippen molar-refractivity contribution in [3.05, 3.63) is 77.8 Å². The van der Waals surface area contributed by atoms with Crippen LogP contribution in [0.1, 0.15) is 64.4 Å². The Morgan fingerprint density at radius 3 is 2.54 bits per heavy atom. The Hall–Kier alpha value is -4.03. The van der Waals surface area contributed by atoms with Gasteiger partial charge in [0, 0.05) is 51.2 Å². The smallest absolute Gasteiger partial charge is 0.410 e. The highest BCUT2D eigenvalue weighted by molar-refractivity contribution is 5.75. The largest absolute Gasteiger partial charge is 0.444 e. The fourth-order valence-electron chi connectivity index (χ4n) is 6.45. The summed E-state index contributed by atoms with van der Waals surface area (Å²) in [6, 6.07) is 11.6. The number of halogens is 2. The fourth-order valence-corrected chi connectivity index (χ4v) is 6.45. The summed E-state index contributed by atoms with van der Waals surface area (Å²) in [5, 5.41) is 12.8. The van der Waals surface area contributed by atoms with Gasteiger partial charge >= 0.3 is 12.1 Å². The fraction of sp³-hybridized carbons (Fsp3) is 0.528. The quantitative estimate of drug-likeness (QED) is 0.275. The molecule has 3 atom stereocenters. The van der Waals surface area contributed by atoms with E-state index in [4.69, 9.17) is 14.5 Å². The molecule has 12 heteroatoms. The number of aliphatic hydroxyl groups excluding tert-OH is 1. The minimum absolute atomic E-state index is 0.0301. The van der Waals surface area contributed by atoms with Gasteiger partial charge in [0.05, 0.1) is 24.4 Å². The molecule has 3 aromatic rings. The minimum Gasteiger partial charge on any atom is -0.444 e. The second-order valence-corrected chi connectivity index (χ2v) is 13.9. The number of imidazole rings is 1. The SMILES string of the molecule is CC(CO)NC(=O)N(CC1CCN(C(=O)OC(C)(C)C)C1)C(c1nc(-c2cc(F)ccc2F)cn1Cc1ccccc1)C1CCOCC1. The van der Waals surface area contributed by atoms with E-state index in [1.165, 1.54) is 0 Å². The second-order valence-electron chi connectivity index (χ2n) is 13.9. The van der Waals surface area contributed by atoms with Crippen LogP contribution in [0.3, 0.4) is 0 Å². The van der Waals surface area contributed by atoms with Crippen LogP contribution in [-0.2, 0) is 16.0 Å². The van der Waals surface area contributed by atoms with Crippen molar-refractivity contribution in [2.24, 2.45) is 11.8 Å². The zero-order valence-corrected chi connectivity index (χ0v) is 28.2. The molecule has 3 amide bonds. The molecule has 260 valence electrons. The number of likely N-dealkylation sites (tertiary alicyclic amines) is 1. The second kappa shape index (κ2) is 15.5. The maximum absolute atomic E-state index is 15.2. The number of hydrogen-bond donors (Lipinski definition) is 2. The van der Waals surface area contributed by atoms with E-state index < -0.39 is 35.4 Å². The van der Waals surface area contributed by atoms with Gasteiger partial charge < -0.3 is 34.3 Å². The third-order valence-corrected chi connectivity index (χ3v) is 8.82.